The Hall–Kier alpha value is -2.40. The second kappa shape index (κ2) is 7.01. The van der Waals surface area contributed by atoms with Crippen LogP contribution < -0.4 is 10.1 Å². The summed E-state index contributed by atoms with van der Waals surface area (Å²) in [6, 6.07) is 13.5. The van der Waals surface area contributed by atoms with Gasteiger partial charge in [-0.3, -0.25) is 4.79 Å². The van der Waals surface area contributed by atoms with Gasteiger partial charge in [0.15, 0.2) is 0 Å². The Morgan fingerprint density at radius 3 is 2.75 bits per heavy atom. The lowest BCUT2D eigenvalue weighted by Gasteiger charge is -2.10. The van der Waals surface area contributed by atoms with Gasteiger partial charge in [-0.1, -0.05) is 26.0 Å². The molecule has 0 aliphatic rings. The molecule has 124 valence electrons. The summed E-state index contributed by atoms with van der Waals surface area (Å²) in [4.78, 5) is 16.9. The molecular formula is C19H20N2O2S. The standard InChI is InChI=1S/C19H20N2O2S/c1-12(2)11-20-18(22)13-8-9-14(16(10-13)23-3)19-21-15-6-4-5-7-17(15)24-19/h4-10,12H,11H2,1-3H3,(H,20,22). The normalized spacial score (nSPS) is 11.0. The van der Waals surface area contributed by atoms with Crippen LogP contribution in [-0.4, -0.2) is 24.5 Å². The van der Waals surface area contributed by atoms with Gasteiger partial charge >= 0.3 is 0 Å². The predicted molar refractivity (Wildman–Crippen MR) is 98.8 cm³/mol. The van der Waals surface area contributed by atoms with Gasteiger partial charge in [-0.25, -0.2) is 4.98 Å². The highest BCUT2D eigenvalue weighted by atomic mass is 32.1. The van der Waals surface area contributed by atoms with Crippen molar-refractivity contribution in [1.29, 1.82) is 0 Å². The predicted octanol–water partition coefficient (Wildman–Crippen LogP) is 4.36. The fourth-order valence-corrected chi connectivity index (χ4v) is 3.39. The zero-order valence-electron chi connectivity index (χ0n) is 14.0. The van der Waals surface area contributed by atoms with Crippen LogP contribution in [0.15, 0.2) is 42.5 Å². The van der Waals surface area contributed by atoms with Crippen molar-refractivity contribution >= 4 is 27.5 Å². The van der Waals surface area contributed by atoms with Gasteiger partial charge < -0.3 is 10.1 Å². The molecular weight excluding hydrogens is 320 g/mol. The molecule has 3 rings (SSSR count). The molecule has 4 nitrogen and oxygen atoms in total. The average Bonchev–Trinajstić information content (AvgIpc) is 3.02. The van der Waals surface area contributed by atoms with Crippen molar-refractivity contribution in [3.05, 3.63) is 48.0 Å². The molecule has 0 aliphatic carbocycles. The molecule has 0 saturated heterocycles. The Morgan fingerprint density at radius 2 is 2.04 bits per heavy atom. The molecule has 0 bridgehead atoms. The molecule has 1 N–H and O–H groups in total. The maximum Gasteiger partial charge on any atom is 0.251 e. The Kier molecular flexibility index (Phi) is 4.81. The second-order valence-electron chi connectivity index (χ2n) is 6.01. The van der Waals surface area contributed by atoms with Gasteiger partial charge in [0.2, 0.25) is 0 Å². The van der Waals surface area contributed by atoms with Crippen LogP contribution >= 0.6 is 11.3 Å². The van der Waals surface area contributed by atoms with Crippen LogP contribution in [0.2, 0.25) is 0 Å². The first-order chi connectivity index (χ1) is 11.6. The lowest BCUT2D eigenvalue weighted by molar-refractivity contribution is 0.0948. The molecule has 1 amide bonds. The first-order valence-electron chi connectivity index (χ1n) is 7.90. The number of nitrogens with zero attached hydrogens (tertiary/aromatic N) is 1. The quantitative estimate of drug-likeness (QED) is 0.751. The molecule has 0 atom stereocenters. The molecule has 0 saturated carbocycles. The van der Waals surface area contributed by atoms with E-state index in [-0.39, 0.29) is 5.91 Å². The zero-order valence-corrected chi connectivity index (χ0v) is 14.8. The van der Waals surface area contributed by atoms with E-state index in [1.165, 1.54) is 0 Å². The highest BCUT2D eigenvalue weighted by Crippen LogP contribution is 2.36. The number of hydrogen-bond acceptors (Lipinski definition) is 4. The number of benzene rings is 2. The van der Waals surface area contributed by atoms with Crippen molar-refractivity contribution in [2.24, 2.45) is 5.92 Å². The molecule has 1 aromatic heterocycles. The second-order valence-corrected chi connectivity index (χ2v) is 7.04. The van der Waals surface area contributed by atoms with Crippen LogP contribution in [0.25, 0.3) is 20.8 Å². The number of carbonyl (C=O) groups excluding carboxylic acids is 1. The van der Waals surface area contributed by atoms with E-state index in [4.69, 9.17) is 4.74 Å². The maximum absolute atomic E-state index is 12.2. The van der Waals surface area contributed by atoms with E-state index < -0.39 is 0 Å². The van der Waals surface area contributed by atoms with Crippen LogP contribution in [-0.2, 0) is 0 Å². The number of ether oxygens (including phenoxy) is 1. The molecule has 0 unspecified atom stereocenters. The molecule has 5 heteroatoms. The van der Waals surface area contributed by atoms with Gasteiger partial charge in [-0.05, 0) is 36.2 Å². The Labute approximate surface area is 145 Å². The lowest BCUT2D eigenvalue weighted by Crippen LogP contribution is -2.27. The number of para-hydroxylation sites is 1. The first kappa shape index (κ1) is 16.5. The summed E-state index contributed by atoms with van der Waals surface area (Å²) >= 11 is 1.62. The van der Waals surface area contributed by atoms with Gasteiger partial charge in [0, 0.05) is 12.1 Å². The zero-order chi connectivity index (χ0) is 17.1. The van der Waals surface area contributed by atoms with Gasteiger partial charge in [0.05, 0.1) is 22.9 Å². The molecule has 0 aliphatic heterocycles. The molecule has 2 aromatic carbocycles. The number of aromatic nitrogens is 1. The van der Waals surface area contributed by atoms with Crippen molar-refractivity contribution in [2.45, 2.75) is 13.8 Å². The van der Waals surface area contributed by atoms with Gasteiger partial charge in [-0.2, -0.15) is 0 Å². The third-order valence-corrected chi connectivity index (χ3v) is 4.73. The molecule has 24 heavy (non-hydrogen) atoms. The van der Waals surface area contributed by atoms with Crippen LogP contribution in [0.5, 0.6) is 5.75 Å². The number of thiazole rings is 1. The van der Waals surface area contributed by atoms with Crippen molar-refractivity contribution in [3.63, 3.8) is 0 Å². The average molecular weight is 340 g/mol. The molecule has 3 aromatic rings. The minimum absolute atomic E-state index is 0.0853. The van der Waals surface area contributed by atoms with Crippen LogP contribution in [0.1, 0.15) is 24.2 Å². The largest absolute Gasteiger partial charge is 0.496 e. The van der Waals surface area contributed by atoms with Gasteiger partial charge in [0.1, 0.15) is 10.8 Å². The summed E-state index contributed by atoms with van der Waals surface area (Å²) in [7, 11) is 1.61. The summed E-state index contributed by atoms with van der Waals surface area (Å²) in [6.45, 7) is 4.79. The Balaban J connectivity index is 1.93. The minimum Gasteiger partial charge on any atom is -0.496 e. The monoisotopic (exact) mass is 340 g/mol. The summed E-state index contributed by atoms with van der Waals surface area (Å²) in [5.41, 5.74) is 2.47. The SMILES string of the molecule is COc1cc(C(=O)NCC(C)C)ccc1-c1nc2ccccc2s1. The third kappa shape index (κ3) is 3.41. The summed E-state index contributed by atoms with van der Waals surface area (Å²) in [5, 5.41) is 3.81. The van der Waals surface area contributed by atoms with E-state index in [9.17, 15) is 4.79 Å². The summed E-state index contributed by atoms with van der Waals surface area (Å²) in [5.74, 6) is 0.988. The topological polar surface area (TPSA) is 51.2 Å². The molecule has 0 spiro atoms. The first-order valence-corrected chi connectivity index (χ1v) is 8.72. The number of amides is 1. The van der Waals surface area contributed by atoms with E-state index in [1.54, 1.807) is 24.5 Å². The van der Waals surface area contributed by atoms with Crippen molar-refractivity contribution in [2.75, 3.05) is 13.7 Å². The van der Waals surface area contributed by atoms with E-state index >= 15 is 0 Å². The third-order valence-electron chi connectivity index (χ3n) is 3.66. The maximum atomic E-state index is 12.2. The van der Waals surface area contributed by atoms with Crippen LogP contribution in [0.3, 0.4) is 0 Å². The number of fused-ring (bicyclic) bond motifs is 1. The molecule has 0 fully saturated rings. The number of methoxy groups -OCH3 is 1. The van der Waals surface area contributed by atoms with Crippen LogP contribution in [0, 0.1) is 5.92 Å². The number of hydrogen-bond donors (Lipinski definition) is 1. The van der Waals surface area contributed by atoms with E-state index in [2.05, 4.69) is 30.2 Å². The van der Waals surface area contributed by atoms with Crippen LogP contribution in [0.4, 0.5) is 0 Å². The smallest absolute Gasteiger partial charge is 0.251 e. The summed E-state index contributed by atoms with van der Waals surface area (Å²) < 4.78 is 6.63. The van der Waals surface area contributed by atoms with Gasteiger partial charge in [0.25, 0.3) is 5.91 Å². The molecule has 0 radical (unpaired) electrons. The minimum atomic E-state index is -0.0853. The van der Waals surface area contributed by atoms with E-state index in [1.807, 2.05) is 30.3 Å². The highest BCUT2D eigenvalue weighted by Gasteiger charge is 2.14. The summed E-state index contributed by atoms with van der Waals surface area (Å²) in [6.07, 6.45) is 0. The van der Waals surface area contributed by atoms with Crippen molar-refractivity contribution < 1.29 is 9.53 Å². The fourth-order valence-electron chi connectivity index (χ4n) is 2.40. The van der Waals surface area contributed by atoms with Crippen molar-refractivity contribution in [3.8, 4) is 16.3 Å². The number of carbonyl (C=O) groups is 1. The number of nitrogens with one attached hydrogen (secondary N) is 1. The van der Waals surface area contributed by atoms with E-state index in [0.29, 0.717) is 23.8 Å². The fraction of sp³-hybridized carbons (Fsp3) is 0.263. The van der Waals surface area contributed by atoms with E-state index in [0.717, 1.165) is 20.8 Å². The Morgan fingerprint density at radius 1 is 1.25 bits per heavy atom. The Bertz CT molecular complexity index is 838. The number of rotatable bonds is 5. The molecule has 1 heterocycles. The van der Waals surface area contributed by atoms with Crippen molar-refractivity contribution in [1.82, 2.24) is 10.3 Å². The highest BCUT2D eigenvalue weighted by molar-refractivity contribution is 7.21. The van der Waals surface area contributed by atoms with Gasteiger partial charge in [-0.15, -0.1) is 11.3 Å². The lowest BCUT2D eigenvalue weighted by atomic mass is 10.1.